The van der Waals surface area contributed by atoms with Gasteiger partial charge < -0.3 is 5.32 Å². The van der Waals surface area contributed by atoms with E-state index in [4.69, 9.17) is 0 Å². The molecule has 2 aromatic carbocycles. The Bertz CT molecular complexity index is 664. The summed E-state index contributed by atoms with van der Waals surface area (Å²) in [6.07, 6.45) is 0. The molecule has 0 spiro atoms. The van der Waals surface area contributed by atoms with Crippen molar-refractivity contribution >= 4 is 23.4 Å². The maximum absolute atomic E-state index is 12.1. The van der Waals surface area contributed by atoms with Crippen molar-refractivity contribution in [3.05, 3.63) is 58.7 Å². The Morgan fingerprint density at radius 2 is 1.81 bits per heavy atom. The van der Waals surface area contributed by atoms with E-state index in [1.165, 1.54) is 16.7 Å². The number of anilines is 1. The predicted octanol–water partition coefficient (Wildman–Crippen LogP) is 4.65. The van der Waals surface area contributed by atoms with E-state index in [1.54, 1.807) is 11.8 Å². The number of rotatable bonds is 4. The molecule has 0 aliphatic carbocycles. The Hall–Kier alpha value is -1.74. The fourth-order valence-corrected chi connectivity index (χ4v) is 2.99. The molecule has 2 rings (SSSR count). The van der Waals surface area contributed by atoms with Crippen LogP contribution in [-0.2, 0) is 4.79 Å². The molecule has 0 fully saturated rings. The lowest BCUT2D eigenvalue weighted by molar-refractivity contribution is -0.113. The van der Waals surface area contributed by atoms with Crippen LogP contribution in [-0.4, -0.2) is 11.7 Å². The Balaban J connectivity index is 1.97. The van der Waals surface area contributed by atoms with Crippen LogP contribution in [0.4, 0.5) is 5.69 Å². The zero-order valence-electron chi connectivity index (χ0n) is 13.0. The average molecular weight is 299 g/mol. The molecule has 1 amide bonds. The maximum atomic E-state index is 12.1. The van der Waals surface area contributed by atoms with Gasteiger partial charge in [0.2, 0.25) is 5.91 Å². The van der Waals surface area contributed by atoms with Gasteiger partial charge in [-0.3, -0.25) is 4.79 Å². The molecule has 2 nitrogen and oxygen atoms in total. The molecule has 21 heavy (non-hydrogen) atoms. The first kappa shape index (κ1) is 15.6. The Morgan fingerprint density at radius 1 is 1.05 bits per heavy atom. The number of nitrogens with one attached hydrogen (secondary N) is 1. The van der Waals surface area contributed by atoms with Crippen LogP contribution in [0.2, 0.25) is 0 Å². The standard InChI is InChI=1S/C18H21NOS/c1-12-8-9-17(14(3)10-12)21-11-18(20)19-16-7-5-6-13(2)15(16)4/h5-10H,11H2,1-4H3,(H,19,20). The molecule has 0 saturated carbocycles. The van der Waals surface area contributed by atoms with E-state index in [1.807, 2.05) is 19.1 Å². The second kappa shape index (κ2) is 6.81. The van der Waals surface area contributed by atoms with Crippen molar-refractivity contribution in [1.29, 1.82) is 0 Å². The topological polar surface area (TPSA) is 29.1 Å². The van der Waals surface area contributed by atoms with Crippen molar-refractivity contribution in [3.63, 3.8) is 0 Å². The predicted molar refractivity (Wildman–Crippen MR) is 91.2 cm³/mol. The van der Waals surface area contributed by atoms with E-state index in [-0.39, 0.29) is 5.91 Å². The number of carbonyl (C=O) groups excluding carboxylic acids is 1. The number of carbonyl (C=O) groups is 1. The fraction of sp³-hybridized carbons (Fsp3) is 0.278. The largest absolute Gasteiger partial charge is 0.325 e. The summed E-state index contributed by atoms with van der Waals surface area (Å²) in [7, 11) is 0. The minimum absolute atomic E-state index is 0.0358. The highest BCUT2D eigenvalue weighted by Gasteiger charge is 2.08. The van der Waals surface area contributed by atoms with Crippen LogP contribution < -0.4 is 5.32 Å². The normalized spacial score (nSPS) is 10.5. The Kier molecular flexibility index (Phi) is 5.07. The highest BCUT2D eigenvalue weighted by molar-refractivity contribution is 8.00. The third kappa shape index (κ3) is 4.11. The first-order valence-corrected chi connectivity index (χ1v) is 8.02. The number of hydrogen-bond donors (Lipinski definition) is 1. The van der Waals surface area contributed by atoms with Crippen LogP contribution in [0, 0.1) is 27.7 Å². The van der Waals surface area contributed by atoms with Crippen LogP contribution in [0.5, 0.6) is 0 Å². The third-order valence-electron chi connectivity index (χ3n) is 3.57. The van der Waals surface area contributed by atoms with Gasteiger partial charge in [0.05, 0.1) is 5.75 Å². The first-order chi connectivity index (χ1) is 9.97. The zero-order chi connectivity index (χ0) is 15.4. The van der Waals surface area contributed by atoms with E-state index >= 15 is 0 Å². The van der Waals surface area contributed by atoms with Gasteiger partial charge in [0.25, 0.3) is 0 Å². The second-order valence-electron chi connectivity index (χ2n) is 5.35. The number of aryl methyl sites for hydroxylation is 3. The molecular formula is C18H21NOS. The van der Waals surface area contributed by atoms with Gasteiger partial charge in [-0.25, -0.2) is 0 Å². The maximum Gasteiger partial charge on any atom is 0.234 e. The molecule has 0 aliphatic heterocycles. The van der Waals surface area contributed by atoms with Crippen LogP contribution >= 0.6 is 11.8 Å². The molecule has 0 unspecified atom stereocenters. The zero-order valence-corrected chi connectivity index (χ0v) is 13.8. The van der Waals surface area contributed by atoms with Crippen molar-refractivity contribution in [3.8, 4) is 0 Å². The number of benzene rings is 2. The number of amides is 1. The van der Waals surface area contributed by atoms with Gasteiger partial charge in [0, 0.05) is 10.6 Å². The SMILES string of the molecule is Cc1ccc(SCC(=O)Nc2cccc(C)c2C)c(C)c1. The monoisotopic (exact) mass is 299 g/mol. The van der Waals surface area contributed by atoms with Gasteiger partial charge >= 0.3 is 0 Å². The lowest BCUT2D eigenvalue weighted by Crippen LogP contribution is -2.15. The van der Waals surface area contributed by atoms with Gasteiger partial charge in [0.15, 0.2) is 0 Å². The number of thioether (sulfide) groups is 1. The summed E-state index contributed by atoms with van der Waals surface area (Å²) in [5.74, 6) is 0.464. The summed E-state index contributed by atoms with van der Waals surface area (Å²) in [5.41, 5.74) is 5.69. The molecule has 0 aromatic heterocycles. The first-order valence-electron chi connectivity index (χ1n) is 7.03. The highest BCUT2D eigenvalue weighted by Crippen LogP contribution is 2.24. The van der Waals surface area contributed by atoms with Crippen molar-refractivity contribution in [1.82, 2.24) is 0 Å². The molecule has 0 radical (unpaired) electrons. The molecule has 0 atom stereocenters. The van der Waals surface area contributed by atoms with E-state index < -0.39 is 0 Å². The minimum Gasteiger partial charge on any atom is -0.325 e. The molecule has 0 aliphatic rings. The number of hydrogen-bond acceptors (Lipinski definition) is 2. The smallest absolute Gasteiger partial charge is 0.234 e. The molecule has 0 heterocycles. The summed E-state index contributed by atoms with van der Waals surface area (Å²) in [6, 6.07) is 12.3. The van der Waals surface area contributed by atoms with Gasteiger partial charge in [-0.05, 0) is 56.5 Å². The van der Waals surface area contributed by atoms with Gasteiger partial charge in [-0.15, -0.1) is 11.8 Å². The van der Waals surface area contributed by atoms with Gasteiger partial charge in [-0.1, -0.05) is 29.8 Å². The van der Waals surface area contributed by atoms with E-state index in [2.05, 4.69) is 50.4 Å². The summed E-state index contributed by atoms with van der Waals surface area (Å²) in [6.45, 7) is 8.24. The molecule has 1 N–H and O–H groups in total. The average Bonchev–Trinajstić information content (AvgIpc) is 2.43. The summed E-state index contributed by atoms with van der Waals surface area (Å²) >= 11 is 1.58. The molecule has 0 saturated heterocycles. The molecule has 3 heteroatoms. The van der Waals surface area contributed by atoms with E-state index in [0.717, 1.165) is 16.1 Å². The Labute approximate surface area is 131 Å². The molecule has 110 valence electrons. The quantitative estimate of drug-likeness (QED) is 0.833. The van der Waals surface area contributed by atoms with Crippen molar-refractivity contribution in [2.75, 3.05) is 11.1 Å². The molecular weight excluding hydrogens is 278 g/mol. The van der Waals surface area contributed by atoms with Crippen LogP contribution in [0.1, 0.15) is 22.3 Å². The highest BCUT2D eigenvalue weighted by atomic mass is 32.2. The lowest BCUT2D eigenvalue weighted by Gasteiger charge is -2.11. The summed E-state index contributed by atoms with van der Waals surface area (Å²) in [4.78, 5) is 13.3. The molecule has 2 aromatic rings. The van der Waals surface area contributed by atoms with Crippen molar-refractivity contribution < 1.29 is 4.79 Å². The Morgan fingerprint density at radius 3 is 2.52 bits per heavy atom. The third-order valence-corrected chi connectivity index (χ3v) is 4.74. The van der Waals surface area contributed by atoms with Crippen LogP contribution in [0.3, 0.4) is 0 Å². The second-order valence-corrected chi connectivity index (χ2v) is 6.37. The van der Waals surface area contributed by atoms with Crippen molar-refractivity contribution in [2.24, 2.45) is 0 Å². The summed E-state index contributed by atoms with van der Waals surface area (Å²) < 4.78 is 0. The molecule has 0 bridgehead atoms. The summed E-state index contributed by atoms with van der Waals surface area (Å²) in [5, 5.41) is 2.99. The fourth-order valence-electron chi connectivity index (χ4n) is 2.18. The minimum atomic E-state index is 0.0358. The van der Waals surface area contributed by atoms with E-state index in [9.17, 15) is 4.79 Å². The van der Waals surface area contributed by atoms with Gasteiger partial charge in [-0.2, -0.15) is 0 Å². The van der Waals surface area contributed by atoms with Gasteiger partial charge in [0.1, 0.15) is 0 Å². The lowest BCUT2D eigenvalue weighted by atomic mass is 10.1. The van der Waals surface area contributed by atoms with Crippen LogP contribution in [0.25, 0.3) is 0 Å². The van der Waals surface area contributed by atoms with E-state index in [0.29, 0.717) is 5.75 Å². The van der Waals surface area contributed by atoms with Crippen molar-refractivity contribution in [2.45, 2.75) is 32.6 Å². The van der Waals surface area contributed by atoms with Crippen LogP contribution in [0.15, 0.2) is 41.3 Å².